The zero-order valence-electron chi connectivity index (χ0n) is 9.41. The van der Waals surface area contributed by atoms with Crippen LogP contribution in [-0.4, -0.2) is 18.3 Å². The van der Waals surface area contributed by atoms with E-state index < -0.39 is 5.91 Å². The van der Waals surface area contributed by atoms with Gasteiger partial charge in [0.1, 0.15) is 11.6 Å². The number of benzene rings is 1. The monoisotopic (exact) mass is 283 g/mol. The van der Waals surface area contributed by atoms with Gasteiger partial charge in [-0.2, -0.15) is 5.26 Å². The van der Waals surface area contributed by atoms with Gasteiger partial charge in [0.15, 0.2) is 0 Å². The van der Waals surface area contributed by atoms with Crippen molar-refractivity contribution < 1.29 is 4.79 Å². The summed E-state index contributed by atoms with van der Waals surface area (Å²) in [5.74, 6) is -0.130. The molecule has 1 aromatic carbocycles. The fourth-order valence-corrected chi connectivity index (χ4v) is 1.42. The van der Waals surface area contributed by atoms with Crippen molar-refractivity contribution in [3.8, 4) is 6.07 Å². The molecular weight excluding hydrogens is 273 g/mol. The molecule has 0 fully saturated rings. The fraction of sp³-hybridized carbons (Fsp3) is 0.167. The molecular formula is C12H11Cl2N3O. The van der Waals surface area contributed by atoms with Crippen LogP contribution in [0.15, 0.2) is 36.0 Å². The summed E-state index contributed by atoms with van der Waals surface area (Å²) < 4.78 is 0. The van der Waals surface area contributed by atoms with Crippen molar-refractivity contribution in [2.75, 3.05) is 17.7 Å². The van der Waals surface area contributed by atoms with Gasteiger partial charge in [0.25, 0.3) is 5.91 Å². The van der Waals surface area contributed by atoms with Crippen LogP contribution in [0.25, 0.3) is 0 Å². The van der Waals surface area contributed by atoms with E-state index in [4.69, 9.17) is 28.5 Å². The van der Waals surface area contributed by atoms with Crippen molar-refractivity contribution in [1.29, 1.82) is 5.26 Å². The molecule has 0 aromatic heterocycles. The van der Waals surface area contributed by atoms with E-state index in [0.29, 0.717) is 23.1 Å². The quantitative estimate of drug-likeness (QED) is 0.378. The van der Waals surface area contributed by atoms with Crippen molar-refractivity contribution >= 4 is 34.8 Å². The Hall–Kier alpha value is -1.70. The normalized spacial score (nSPS) is 10.6. The van der Waals surface area contributed by atoms with Gasteiger partial charge < -0.3 is 10.6 Å². The van der Waals surface area contributed by atoms with Gasteiger partial charge in [-0.1, -0.05) is 23.7 Å². The molecule has 6 heteroatoms. The van der Waals surface area contributed by atoms with Crippen LogP contribution in [0.4, 0.5) is 5.69 Å². The van der Waals surface area contributed by atoms with E-state index in [9.17, 15) is 4.79 Å². The molecule has 0 radical (unpaired) electrons. The first-order valence-corrected chi connectivity index (χ1v) is 6.05. The van der Waals surface area contributed by atoms with Crippen molar-refractivity contribution in [3.63, 3.8) is 0 Å². The maximum Gasteiger partial charge on any atom is 0.267 e. The van der Waals surface area contributed by atoms with E-state index >= 15 is 0 Å². The number of nitrogens with one attached hydrogen (secondary N) is 2. The summed E-state index contributed by atoms with van der Waals surface area (Å²) >= 11 is 11.4. The largest absolute Gasteiger partial charge is 0.388 e. The first kappa shape index (κ1) is 14.4. The molecule has 0 saturated carbocycles. The van der Waals surface area contributed by atoms with Crippen molar-refractivity contribution in [2.45, 2.75) is 0 Å². The number of nitriles is 1. The number of hydrogen-bond donors (Lipinski definition) is 2. The molecule has 0 heterocycles. The van der Waals surface area contributed by atoms with Gasteiger partial charge in [0.2, 0.25) is 0 Å². The Labute approximate surface area is 115 Å². The van der Waals surface area contributed by atoms with E-state index in [-0.39, 0.29) is 5.57 Å². The molecule has 0 atom stereocenters. The number of nitrogens with zero attached hydrogens (tertiary/aromatic N) is 1. The standard InChI is InChI=1S/C12H11Cl2N3O/c13-5-6-16-8-9(7-15)12(18)17-11-4-2-1-3-10(11)14/h1-4,8,16H,5-6H2,(H,17,18)/b9-8-. The minimum Gasteiger partial charge on any atom is -0.388 e. The first-order chi connectivity index (χ1) is 8.69. The summed E-state index contributed by atoms with van der Waals surface area (Å²) in [6.07, 6.45) is 1.33. The van der Waals surface area contributed by atoms with Crippen LogP contribution in [0.5, 0.6) is 0 Å². The number of carbonyl (C=O) groups is 1. The van der Waals surface area contributed by atoms with Crippen molar-refractivity contribution in [2.24, 2.45) is 0 Å². The topological polar surface area (TPSA) is 64.9 Å². The third-order valence-electron chi connectivity index (χ3n) is 1.97. The fourth-order valence-electron chi connectivity index (χ4n) is 1.13. The maximum atomic E-state index is 11.8. The number of rotatable bonds is 5. The molecule has 0 saturated heterocycles. The van der Waals surface area contributed by atoms with Crippen molar-refractivity contribution in [3.05, 3.63) is 41.1 Å². The van der Waals surface area contributed by atoms with Gasteiger partial charge in [0, 0.05) is 18.6 Å². The zero-order chi connectivity index (χ0) is 13.4. The number of para-hydroxylation sites is 1. The summed E-state index contributed by atoms with van der Waals surface area (Å²) in [4.78, 5) is 11.8. The molecule has 1 aromatic rings. The highest BCUT2D eigenvalue weighted by atomic mass is 35.5. The summed E-state index contributed by atoms with van der Waals surface area (Å²) in [6.45, 7) is 0.478. The van der Waals surface area contributed by atoms with Crippen LogP contribution in [0.3, 0.4) is 0 Å². The Balaban J connectivity index is 2.72. The summed E-state index contributed by atoms with van der Waals surface area (Å²) in [5, 5.41) is 14.6. The highest BCUT2D eigenvalue weighted by Crippen LogP contribution is 2.20. The zero-order valence-corrected chi connectivity index (χ0v) is 10.9. The Morgan fingerprint density at radius 1 is 1.44 bits per heavy atom. The van der Waals surface area contributed by atoms with Gasteiger partial charge >= 0.3 is 0 Å². The van der Waals surface area contributed by atoms with Gasteiger partial charge in [-0.05, 0) is 12.1 Å². The lowest BCUT2D eigenvalue weighted by atomic mass is 10.2. The van der Waals surface area contributed by atoms with Crippen LogP contribution < -0.4 is 10.6 Å². The Bertz CT molecular complexity index is 494. The number of carbonyl (C=O) groups excluding carboxylic acids is 1. The van der Waals surface area contributed by atoms with Gasteiger partial charge in [-0.25, -0.2) is 0 Å². The SMILES string of the molecule is N#C/C(=C/NCCCl)C(=O)Nc1ccccc1Cl. The maximum absolute atomic E-state index is 11.8. The smallest absolute Gasteiger partial charge is 0.267 e. The van der Waals surface area contributed by atoms with Gasteiger partial charge in [0.05, 0.1) is 10.7 Å². The Morgan fingerprint density at radius 3 is 2.78 bits per heavy atom. The van der Waals surface area contributed by atoms with Crippen LogP contribution in [0.2, 0.25) is 5.02 Å². The third kappa shape index (κ3) is 4.28. The summed E-state index contributed by atoms with van der Waals surface area (Å²) in [6, 6.07) is 8.60. The lowest BCUT2D eigenvalue weighted by Crippen LogP contribution is -2.17. The molecule has 0 aliphatic rings. The lowest BCUT2D eigenvalue weighted by Gasteiger charge is -2.06. The lowest BCUT2D eigenvalue weighted by molar-refractivity contribution is -0.112. The highest BCUT2D eigenvalue weighted by Gasteiger charge is 2.10. The van der Waals surface area contributed by atoms with Crippen LogP contribution in [-0.2, 0) is 4.79 Å². The molecule has 18 heavy (non-hydrogen) atoms. The number of alkyl halides is 1. The van der Waals surface area contributed by atoms with Crippen LogP contribution in [0, 0.1) is 11.3 Å². The third-order valence-corrected chi connectivity index (χ3v) is 2.49. The predicted molar refractivity (Wildman–Crippen MR) is 72.5 cm³/mol. The molecule has 2 N–H and O–H groups in total. The molecule has 1 rings (SSSR count). The number of amides is 1. The Kier molecular flexibility index (Phi) is 6.06. The highest BCUT2D eigenvalue weighted by molar-refractivity contribution is 6.33. The average Bonchev–Trinajstić information content (AvgIpc) is 2.37. The van der Waals surface area contributed by atoms with E-state index in [1.165, 1.54) is 6.20 Å². The minimum atomic E-state index is -0.521. The molecule has 94 valence electrons. The molecule has 0 unspecified atom stereocenters. The molecule has 1 amide bonds. The van der Waals surface area contributed by atoms with E-state index in [0.717, 1.165) is 0 Å². The second-order valence-corrected chi connectivity index (χ2v) is 4.03. The Morgan fingerprint density at radius 2 is 2.17 bits per heavy atom. The molecule has 0 spiro atoms. The first-order valence-electron chi connectivity index (χ1n) is 5.14. The predicted octanol–water partition coefficient (Wildman–Crippen LogP) is 2.51. The van der Waals surface area contributed by atoms with Gasteiger partial charge in [-0.3, -0.25) is 4.79 Å². The van der Waals surface area contributed by atoms with Crippen LogP contribution >= 0.6 is 23.2 Å². The van der Waals surface area contributed by atoms with E-state index in [1.807, 2.05) is 0 Å². The van der Waals surface area contributed by atoms with E-state index in [2.05, 4.69) is 10.6 Å². The van der Waals surface area contributed by atoms with Crippen molar-refractivity contribution in [1.82, 2.24) is 5.32 Å². The molecule has 4 nitrogen and oxygen atoms in total. The number of hydrogen-bond acceptors (Lipinski definition) is 3. The van der Waals surface area contributed by atoms with Gasteiger partial charge in [-0.15, -0.1) is 11.6 Å². The number of anilines is 1. The molecule has 0 aliphatic carbocycles. The van der Waals surface area contributed by atoms with Crippen LogP contribution in [0.1, 0.15) is 0 Å². The average molecular weight is 284 g/mol. The molecule has 0 aliphatic heterocycles. The molecule has 0 bridgehead atoms. The minimum absolute atomic E-state index is 0.0416. The summed E-state index contributed by atoms with van der Waals surface area (Å²) in [5.41, 5.74) is 0.419. The summed E-state index contributed by atoms with van der Waals surface area (Å²) in [7, 11) is 0. The second-order valence-electron chi connectivity index (χ2n) is 3.25. The van der Waals surface area contributed by atoms with E-state index in [1.54, 1.807) is 30.3 Å². The second kappa shape index (κ2) is 7.59. The number of halogens is 2.